The van der Waals surface area contributed by atoms with Crippen molar-refractivity contribution in [2.24, 2.45) is 28.8 Å². The van der Waals surface area contributed by atoms with E-state index in [9.17, 15) is 24.9 Å². The average Bonchev–Trinajstić information content (AvgIpc) is 3.25. The Bertz CT molecular complexity index is 1740. The monoisotopic (exact) mass is 889 g/mol. The van der Waals surface area contributed by atoms with Gasteiger partial charge in [0.25, 0.3) is 0 Å². The first-order valence-corrected chi connectivity index (χ1v) is 22.5. The Morgan fingerprint density at radius 3 is 2.29 bits per heavy atom. The Morgan fingerprint density at radius 2 is 1.68 bits per heavy atom. The molecule has 4 rings (SSSR count). The number of aromatic nitrogens is 1. The van der Waals surface area contributed by atoms with E-state index in [2.05, 4.69) is 15.0 Å². The van der Waals surface area contributed by atoms with Gasteiger partial charge in [-0.05, 0) is 109 Å². The second-order valence-corrected chi connectivity index (χ2v) is 18.3. The molecular weight excluding hydrogens is 818 g/mol. The van der Waals surface area contributed by atoms with Crippen LogP contribution >= 0.6 is 11.6 Å². The maximum absolute atomic E-state index is 14.3. The summed E-state index contributed by atoms with van der Waals surface area (Å²) in [6, 6.07) is 10.4. The quantitative estimate of drug-likeness (QED) is 0.111. The number of esters is 2. The molecule has 2 aliphatic heterocycles. The molecular formula is C47H72ClN3O11. The molecule has 0 unspecified atom stereocenters. The predicted molar refractivity (Wildman–Crippen MR) is 236 cm³/mol. The highest BCUT2D eigenvalue weighted by Crippen LogP contribution is 2.40. The van der Waals surface area contributed by atoms with Crippen LogP contribution in [0.2, 0.25) is 5.02 Å². The molecule has 2 fully saturated rings. The Kier molecular flexibility index (Phi) is 19.2. The number of ether oxygens (including phenoxy) is 5. The molecule has 0 aliphatic carbocycles. The van der Waals surface area contributed by atoms with Gasteiger partial charge in [0, 0.05) is 48.3 Å². The summed E-state index contributed by atoms with van der Waals surface area (Å²) in [5.41, 5.74) is -0.977. The molecule has 2 saturated heterocycles. The van der Waals surface area contributed by atoms with Crippen LogP contribution in [0.25, 0.3) is 0 Å². The van der Waals surface area contributed by atoms with Gasteiger partial charge < -0.3 is 48.7 Å². The van der Waals surface area contributed by atoms with Crippen LogP contribution in [0.1, 0.15) is 99.1 Å². The van der Waals surface area contributed by atoms with Crippen LogP contribution in [0.15, 0.2) is 53.9 Å². The zero-order valence-electron chi connectivity index (χ0n) is 38.5. The lowest BCUT2D eigenvalue weighted by molar-refractivity contribution is -0.302. The van der Waals surface area contributed by atoms with Crippen molar-refractivity contribution in [2.75, 3.05) is 27.3 Å². The Labute approximate surface area is 373 Å². The third kappa shape index (κ3) is 13.0. The van der Waals surface area contributed by atoms with Crippen molar-refractivity contribution >= 4 is 29.3 Å². The number of aliphatic hydroxyl groups is 3. The van der Waals surface area contributed by atoms with Crippen LogP contribution in [0.5, 0.6) is 0 Å². The molecule has 1 aromatic carbocycles. The lowest BCUT2D eigenvalue weighted by atomic mass is 9.73. The number of aryl methyl sites for hydroxylation is 1. The highest BCUT2D eigenvalue weighted by atomic mass is 35.5. The molecule has 14 nitrogen and oxygen atoms in total. The van der Waals surface area contributed by atoms with E-state index >= 15 is 0 Å². The van der Waals surface area contributed by atoms with Crippen molar-refractivity contribution in [2.45, 2.75) is 161 Å². The SMILES string of the molecule is CC[C@@H]1OC(=O)[C@H](C)[C@@H](OC(=O)Cc2ccc(Cl)cc2)[C@H](C)[C@@H](O[C@@H]2O[C@H](C)C[C@H](N(C)CC)[C@H]2O)[C@@](C)(OC)C[C@@H](C)/C(=N/OCCCc2ccncc2)[C@@H](C)[C@@H](O)[C@]1(C)O. The fourth-order valence-corrected chi connectivity index (χ4v) is 9.22. The first-order chi connectivity index (χ1) is 29.3. The molecule has 14 atom stereocenters. The molecule has 0 bridgehead atoms. The minimum atomic E-state index is -1.94. The number of hydrogen-bond acceptors (Lipinski definition) is 14. The van der Waals surface area contributed by atoms with Crippen LogP contribution in [-0.4, -0.2) is 130 Å². The Hall–Kier alpha value is -3.21. The largest absolute Gasteiger partial charge is 0.461 e. The van der Waals surface area contributed by atoms with E-state index in [0.29, 0.717) is 35.7 Å². The van der Waals surface area contributed by atoms with E-state index in [0.717, 1.165) is 12.0 Å². The number of benzene rings is 1. The topological polar surface area (TPSA) is 179 Å². The molecule has 1 aromatic heterocycles. The van der Waals surface area contributed by atoms with Crippen molar-refractivity contribution in [3.05, 3.63) is 64.9 Å². The molecule has 3 N–H and O–H groups in total. The number of pyridine rings is 1. The summed E-state index contributed by atoms with van der Waals surface area (Å²) < 4.78 is 32.1. The fraction of sp³-hybridized carbons (Fsp3) is 0.702. The number of carbonyl (C=O) groups is 2. The maximum atomic E-state index is 14.3. The molecule has 0 radical (unpaired) electrons. The zero-order chi connectivity index (χ0) is 45.9. The lowest BCUT2D eigenvalue weighted by Crippen LogP contribution is -2.61. The van der Waals surface area contributed by atoms with Crippen LogP contribution in [0.3, 0.4) is 0 Å². The number of oxime groups is 1. The van der Waals surface area contributed by atoms with Gasteiger partial charge in [-0.3, -0.25) is 14.6 Å². The Balaban J connectivity index is 1.83. The number of carbonyl (C=O) groups excluding carboxylic acids is 2. The van der Waals surface area contributed by atoms with E-state index in [4.69, 9.17) is 40.1 Å². The van der Waals surface area contributed by atoms with Gasteiger partial charge in [0.1, 0.15) is 30.5 Å². The molecule has 0 amide bonds. The molecule has 2 aromatic rings. The smallest absolute Gasteiger partial charge is 0.312 e. The predicted octanol–water partition coefficient (Wildman–Crippen LogP) is 6.18. The van der Waals surface area contributed by atoms with E-state index in [1.807, 2.05) is 53.8 Å². The minimum Gasteiger partial charge on any atom is -0.461 e. The lowest BCUT2D eigenvalue weighted by Gasteiger charge is -2.48. The van der Waals surface area contributed by atoms with Crippen molar-refractivity contribution in [1.82, 2.24) is 9.88 Å². The minimum absolute atomic E-state index is 0.113. The fourth-order valence-electron chi connectivity index (χ4n) is 9.10. The third-order valence-electron chi connectivity index (χ3n) is 13.1. The summed E-state index contributed by atoms with van der Waals surface area (Å²) in [4.78, 5) is 40.3. The van der Waals surface area contributed by atoms with Crippen molar-refractivity contribution < 1.29 is 53.4 Å². The van der Waals surface area contributed by atoms with E-state index in [1.165, 1.54) is 6.92 Å². The van der Waals surface area contributed by atoms with Crippen LogP contribution in [0, 0.1) is 23.7 Å². The molecule has 0 saturated carbocycles. The number of cyclic esters (lactones) is 1. The number of rotatable bonds is 14. The van der Waals surface area contributed by atoms with E-state index in [-0.39, 0.29) is 38.0 Å². The first kappa shape index (κ1) is 51.4. The second-order valence-electron chi connectivity index (χ2n) is 17.9. The van der Waals surface area contributed by atoms with E-state index in [1.54, 1.807) is 64.5 Å². The highest BCUT2D eigenvalue weighted by Gasteiger charge is 2.52. The van der Waals surface area contributed by atoms with E-state index < -0.39 is 83.6 Å². The summed E-state index contributed by atoms with van der Waals surface area (Å²) in [7, 11) is 3.49. The van der Waals surface area contributed by atoms with Gasteiger partial charge in [-0.2, -0.15) is 0 Å². The summed E-state index contributed by atoms with van der Waals surface area (Å²) in [5.74, 6) is -4.52. The molecule has 2 aliphatic rings. The first-order valence-electron chi connectivity index (χ1n) is 22.2. The summed E-state index contributed by atoms with van der Waals surface area (Å²) in [6.07, 6.45) is -1.54. The Morgan fingerprint density at radius 1 is 1.02 bits per heavy atom. The van der Waals surface area contributed by atoms with Crippen LogP contribution < -0.4 is 0 Å². The van der Waals surface area contributed by atoms with Gasteiger partial charge in [0.05, 0.1) is 42.0 Å². The maximum Gasteiger partial charge on any atom is 0.312 e. The number of nitrogens with zero attached hydrogens (tertiary/aromatic N) is 3. The molecule has 348 valence electrons. The van der Waals surface area contributed by atoms with Crippen molar-refractivity contribution in [1.29, 1.82) is 0 Å². The van der Waals surface area contributed by atoms with Crippen molar-refractivity contribution in [3.63, 3.8) is 0 Å². The zero-order valence-corrected chi connectivity index (χ0v) is 39.3. The van der Waals surface area contributed by atoms with Gasteiger partial charge in [0.15, 0.2) is 6.29 Å². The molecule has 15 heteroatoms. The van der Waals surface area contributed by atoms with Gasteiger partial charge in [0.2, 0.25) is 0 Å². The van der Waals surface area contributed by atoms with Crippen molar-refractivity contribution in [3.8, 4) is 0 Å². The summed E-state index contributed by atoms with van der Waals surface area (Å²) in [6.45, 7) is 17.1. The molecule has 62 heavy (non-hydrogen) atoms. The number of hydrogen-bond donors (Lipinski definition) is 3. The average molecular weight is 891 g/mol. The number of likely N-dealkylation sites (N-methyl/N-ethyl adjacent to an activating group) is 1. The number of aliphatic hydroxyl groups excluding tert-OH is 2. The van der Waals surface area contributed by atoms with Gasteiger partial charge in [-0.15, -0.1) is 0 Å². The van der Waals surface area contributed by atoms with Gasteiger partial charge >= 0.3 is 11.9 Å². The second kappa shape index (κ2) is 23.1. The standard InChI is InChI=1S/C47H72ClN3O11/c1-12-37-47(9,56)42(54)30(5)39(50-58-24-14-15-33-20-22-49-23-21-33)28(3)27-46(8,57-11)43(62-45-40(53)36(51(10)13-2)25-29(4)59-45)31(6)41(32(7)44(55)60-37)61-38(52)26-34-16-18-35(48)19-17-34/h16-23,28-32,36-37,40-43,45,53-54,56H,12-15,24-27H2,1-11H3/b50-39-/t28-,29-,30-,31+,32-,36+,37+,40-,41+,42-,43-,45+,46+,47-/m1/s1. The highest BCUT2D eigenvalue weighted by molar-refractivity contribution is 6.30. The summed E-state index contributed by atoms with van der Waals surface area (Å²) in [5, 5.41) is 41.1. The third-order valence-corrected chi connectivity index (χ3v) is 13.3. The van der Waals surface area contributed by atoms with Crippen LogP contribution in [-0.2, 0) is 51.0 Å². The summed E-state index contributed by atoms with van der Waals surface area (Å²) >= 11 is 6.12. The normalized spacial score (nSPS) is 35.9. The van der Waals surface area contributed by atoms with Gasteiger partial charge in [-0.25, -0.2) is 0 Å². The van der Waals surface area contributed by atoms with Gasteiger partial charge in [-0.1, -0.05) is 63.5 Å². The number of halogens is 1. The molecule has 3 heterocycles. The van der Waals surface area contributed by atoms with Crippen LogP contribution in [0.4, 0.5) is 0 Å². The number of methoxy groups -OCH3 is 1. The molecule has 0 spiro atoms.